The third kappa shape index (κ3) is 4.46. The van der Waals surface area contributed by atoms with E-state index in [4.69, 9.17) is 4.74 Å². The molecule has 1 amide bonds. The Kier molecular flexibility index (Phi) is 6.21. The summed E-state index contributed by atoms with van der Waals surface area (Å²) in [4.78, 5) is 16.4. The van der Waals surface area contributed by atoms with Gasteiger partial charge in [-0.25, -0.2) is 0 Å². The molecule has 0 aliphatic carbocycles. The minimum Gasteiger partial charge on any atom is -0.383 e. The van der Waals surface area contributed by atoms with Gasteiger partial charge in [0.2, 0.25) is 5.91 Å². The zero-order valence-corrected chi connectivity index (χ0v) is 13.2. The molecule has 120 valence electrons. The average molecular weight is 304 g/mol. The van der Waals surface area contributed by atoms with Crippen LogP contribution < -0.4 is 16.0 Å². The summed E-state index contributed by atoms with van der Waals surface area (Å²) in [5.41, 5.74) is 2.05. The molecule has 22 heavy (non-hydrogen) atoms. The SMILES string of the molecule is CCNC(=NCC1CC(=O)Nc2ccccc21)NCCOC. The summed E-state index contributed by atoms with van der Waals surface area (Å²) in [5, 5.41) is 9.32. The van der Waals surface area contributed by atoms with Crippen LogP contribution in [0.3, 0.4) is 0 Å². The maximum Gasteiger partial charge on any atom is 0.225 e. The standard InChI is InChI=1S/C16H24N4O2/c1-3-17-16(18-8-9-22-2)19-11-12-10-15(21)20-14-7-5-4-6-13(12)14/h4-7,12H,3,8-11H2,1-2H3,(H,20,21)(H2,17,18,19). The van der Waals surface area contributed by atoms with Crippen molar-refractivity contribution in [3.05, 3.63) is 29.8 Å². The van der Waals surface area contributed by atoms with Crippen molar-refractivity contribution in [2.45, 2.75) is 19.3 Å². The topological polar surface area (TPSA) is 74.8 Å². The Morgan fingerprint density at radius 2 is 2.23 bits per heavy atom. The summed E-state index contributed by atoms with van der Waals surface area (Å²) in [6, 6.07) is 7.92. The van der Waals surface area contributed by atoms with Gasteiger partial charge in [-0.3, -0.25) is 9.79 Å². The van der Waals surface area contributed by atoms with Crippen LogP contribution in [-0.2, 0) is 9.53 Å². The number of para-hydroxylation sites is 1. The molecule has 2 rings (SSSR count). The van der Waals surface area contributed by atoms with E-state index >= 15 is 0 Å². The number of guanidine groups is 1. The van der Waals surface area contributed by atoms with Crippen molar-refractivity contribution in [2.24, 2.45) is 4.99 Å². The maximum absolute atomic E-state index is 11.8. The summed E-state index contributed by atoms with van der Waals surface area (Å²) in [6.07, 6.45) is 0.470. The highest BCUT2D eigenvalue weighted by Gasteiger charge is 2.24. The van der Waals surface area contributed by atoms with Crippen LogP contribution in [0.2, 0.25) is 0 Å². The van der Waals surface area contributed by atoms with E-state index in [0.29, 0.717) is 26.1 Å². The summed E-state index contributed by atoms with van der Waals surface area (Å²) in [6.45, 7) is 4.72. The van der Waals surface area contributed by atoms with E-state index in [-0.39, 0.29) is 11.8 Å². The van der Waals surface area contributed by atoms with E-state index < -0.39 is 0 Å². The molecular formula is C16H24N4O2. The number of amides is 1. The third-order valence-corrected chi connectivity index (χ3v) is 3.52. The van der Waals surface area contributed by atoms with Gasteiger partial charge in [-0.1, -0.05) is 18.2 Å². The van der Waals surface area contributed by atoms with Gasteiger partial charge in [0, 0.05) is 38.2 Å². The number of methoxy groups -OCH3 is 1. The second kappa shape index (κ2) is 8.38. The molecule has 1 aromatic rings. The lowest BCUT2D eigenvalue weighted by atomic mass is 9.91. The molecule has 0 aromatic heterocycles. The zero-order chi connectivity index (χ0) is 15.8. The number of rotatable bonds is 6. The summed E-state index contributed by atoms with van der Waals surface area (Å²) < 4.78 is 5.03. The first-order valence-corrected chi connectivity index (χ1v) is 7.64. The van der Waals surface area contributed by atoms with Gasteiger partial charge < -0.3 is 20.7 Å². The number of hydrogen-bond acceptors (Lipinski definition) is 3. The number of hydrogen-bond donors (Lipinski definition) is 3. The van der Waals surface area contributed by atoms with E-state index in [0.717, 1.165) is 23.8 Å². The van der Waals surface area contributed by atoms with Crippen LogP contribution in [0.1, 0.15) is 24.8 Å². The van der Waals surface area contributed by atoms with Gasteiger partial charge in [0.1, 0.15) is 0 Å². The highest BCUT2D eigenvalue weighted by Crippen LogP contribution is 2.31. The average Bonchev–Trinajstić information content (AvgIpc) is 2.52. The molecule has 0 saturated heterocycles. The van der Waals surface area contributed by atoms with Gasteiger partial charge in [0.25, 0.3) is 0 Å². The normalized spacial score (nSPS) is 17.6. The Hall–Kier alpha value is -2.08. The van der Waals surface area contributed by atoms with Crippen LogP contribution in [0.25, 0.3) is 0 Å². The molecule has 0 bridgehead atoms. The summed E-state index contributed by atoms with van der Waals surface area (Å²) in [7, 11) is 1.67. The van der Waals surface area contributed by atoms with Gasteiger partial charge in [-0.05, 0) is 18.6 Å². The molecule has 0 saturated carbocycles. The van der Waals surface area contributed by atoms with Crippen LogP contribution in [-0.4, -0.2) is 45.2 Å². The fourth-order valence-corrected chi connectivity index (χ4v) is 2.48. The predicted octanol–water partition coefficient (Wildman–Crippen LogP) is 1.31. The molecule has 6 nitrogen and oxygen atoms in total. The van der Waals surface area contributed by atoms with Gasteiger partial charge in [0.15, 0.2) is 5.96 Å². The molecule has 3 N–H and O–H groups in total. The van der Waals surface area contributed by atoms with E-state index in [1.54, 1.807) is 7.11 Å². The molecule has 0 spiro atoms. The Bertz CT molecular complexity index is 531. The number of nitrogens with one attached hydrogen (secondary N) is 3. The lowest BCUT2D eigenvalue weighted by Gasteiger charge is -2.24. The fraction of sp³-hybridized carbons (Fsp3) is 0.500. The number of fused-ring (bicyclic) bond motifs is 1. The Labute approximate surface area is 131 Å². The number of ether oxygens (including phenoxy) is 1. The van der Waals surface area contributed by atoms with Gasteiger partial charge in [-0.15, -0.1) is 0 Å². The quantitative estimate of drug-likeness (QED) is 0.421. The molecule has 1 unspecified atom stereocenters. The first kappa shape index (κ1) is 16.3. The molecule has 6 heteroatoms. The highest BCUT2D eigenvalue weighted by atomic mass is 16.5. The van der Waals surface area contributed by atoms with Gasteiger partial charge in [-0.2, -0.15) is 0 Å². The van der Waals surface area contributed by atoms with E-state index in [1.807, 2.05) is 25.1 Å². The molecule has 0 radical (unpaired) electrons. The second-order valence-electron chi connectivity index (χ2n) is 5.18. The smallest absolute Gasteiger partial charge is 0.225 e. The lowest BCUT2D eigenvalue weighted by Crippen LogP contribution is -2.39. The Morgan fingerprint density at radius 1 is 1.41 bits per heavy atom. The largest absolute Gasteiger partial charge is 0.383 e. The van der Waals surface area contributed by atoms with E-state index in [2.05, 4.69) is 27.0 Å². The third-order valence-electron chi connectivity index (χ3n) is 3.52. The van der Waals surface area contributed by atoms with Crippen LogP contribution in [0.15, 0.2) is 29.3 Å². The predicted molar refractivity (Wildman–Crippen MR) is 88.3 cm³/mol. The van der Waals surface area contributed by atoms with E-state index in [1.165, 1.54) is 0 Å². The Balaban J connectivity index is 2.04. The number of nitrogens with zero attached hydrogens (tertiary/aromatic N) is 1. The summed E-state index contributed by atoms with van der Waals surface area (Å²) in [5.74, 6) is 0.919. The first-order chi connectivity index (χ1) is 10.7. The monoisotopic (exact) mass is 304 g/mol. The molecule has 1 atom stereocenters. The number of aliphatic imine (C=N–C) groups is 1. The zero-order valence-electron chi connectivity index (χ0n) is 13.2. The second-order valence-corrected chi connectivity index (χ2v) is 5.18. The fourth-order valence-electron chi connectivity index (χ4n) is 2.48. The van der Waals surface area contributed by atoms with Crippen molar-refractivity contribution in [3.63, 3.8) is 0 Å². The molecule has 1 aliphatic rings. The highest BCUT2D eigenvalue weighted by molar-refractivity contribution is 5.94. The minimum absolute atomic E-state index is 0.0521. The lowest BCUT2D eigenvalue weighted by molar-refractivity contribution is -0.116. The number of benzene rings is 1. The number of carbonyl (C=O) groups is 1. The molecule has 1 aromatic carbocycles. The minimum atomic E-state index is 0.0521. The van der Waals surface area contributed by atoms with Crippen molar-refractivity contribution in [1.82, 2.24) is 10.6 Å². The Morgan fingerprint density at radius 3 is 3.00 bits per heavy atom. The van der Waals surface area contributed by atoms with Crippen molar-refractivity contribution in [2.75, 3.05) is 38.7 Å². The van der Waals surface area contributed by atoms with Crippen LogP contribution in [0.5, 0.6) is 0 Å². The number of anilines is 1. The van der Waals surface area contributed by atoms with Crippen molar-refractivity contribution in [3.8, 4) is 0 Å². The maximum atomic E-state index is 11.8. The van der Waals surface area contributed by atoms with Crippen LogP contribution >= 0.6 is 0 Å². The van der Waals surface area contributed by atoms with Crippen LogP contribution in [0.4, 0.5) is 5.69 Å². The molecule has 1 heterocycles. The van der Waals surface area contributed by atoms with Gasteiger partial charge >= 0.3 is 0 Å². The van der Waals surface area contributed by atoms with Crippen molar-refractivity contribution < 1.29 is 9.53 Å². The van der Waals surface area contributed by atoms with Gasteiger partial charge in [0.05, 0.1) is 13.2 Å². The summed E-state index contributed by atoms with van der Waals surface area (Å²) >= 11 is 0. The van der Waals surface area contributed by atoms with Crippen molar-refractivity contribution >= 4 is 17.6 Å². The van der Waals surface area contributed by atoms with Crippen LogP contribution in [0, 0.1) is 0 Å². The van der Waals surface area contributed by atoms with E-state index in [9.17, 15) is 4.79 Å². The number of carbonyl (C=O) groups excluding carboxylic acids is 1. The molecular weight excluding hydrogens is 280 g/mol. The molecule has 0 fully saturated rings. The van der Waals surface area contributed by atoms with Crippen molar-refractivity contribution in [1.29, 1.82) is 0 Å². The first-order valence-electron chi connectivity index (χ1n) is 7.64. The molecule has 1 aliphatic heterocycles.